The average molecular weight is 277 g/mol. The van der Waals surface area contributed by atoms with Crippen molar-refractivity contribution in [3.8, 4) is 0 Å². The van der Waals surface area contributed by atoms with Crippen LogP contribution in [0, 0.1) is 0 Å². The third-order valence-electron chi connectivity index (χ3n) is 4.11. The van der Waals surface area contributed by atoms with E-state index in [1.165, 1.54) is 5.56 Å². The molecule has 1 aromatic rings. The first-order valence-electron chi connectivity index (χ1n) is 6.81. The van der Waals surface area contributed by atoms with Gasteiger partial charge in [-0.25, -0.2) is 0 Å². The second kappa shape index (κ2) is 5.99. The summed E-state index contributed by atoms with van der Waals surface area (Å²) in [6, 6.07) is 9.36. The highest BCUT2D eigenvalue weighted by atomic mass is 32.1. The van der Waals surface area contributed by atoms with Crippen LogP contribution in [0.5, 0.6) is 0 Å². The Balaban J connectivity index is 2.12. The van der Waals surface area contributed by atoms with Crippen molar-refractivity contribution in [3.63, 3.8) is 0 Å². The Morgan fingerprint density at radius 3 is 2.42 bits per heavy atom. The molecule has 104 valence electrons. The molecule has 2 rings (SSSR count). The van der Waals surface area contributed by atoms with Crippen molar-refractivity contribution in [3.05, 3.63) is 35.4 Å². The zero-order chi connectivity index (χ0) is 14.0. The van der Waals surface area contributed by atoms with Gasteiger partial charge in [-0.1, -0.05) is 36.5 Å². The first-order valence-corrected chi connectivity index (χ1v) is 7.22. The summed E-state index contributed by atoms with van der Waals surface area (Å²) in [5.74, 6) is 0. The first-order chi connectivity index (χ1) is 8.99. The van der Waals surface area contributed by atoms with Crippen molar-refractivity contribution in [2.45, 2.75) is 32.5 Å². The molecule has 1 heterocycles. The van der Waals surface area contributed by atoms with E-state index >= 15 is 0 Å². The Labute approximate surface area is 121 Å². The maximum absolute atomic E-state index is 5.80. The molecule has 3 nitrogen and oxygen atoms in total. The molecule has 1 aliphatic rings. The number of hydrogen-bond acceptors (Lipinski definition) is 3. The van der Waals surface area contributed by atoms with E-state index in [-0.39, 0.29) is 0 Å². The normalized spacial score (nSPS) is 25.4. The van der Waals surface area contributed by atoms with Crippen LogP contribution >= 0.6 is 12.2 Å². The number of hydrogen-bond donors (Lipinski definition) is 1. The molecule has 19 heavy (non-hydrogen) atoms. The zero-order valence-corrected chi connectivity index (χ0v) is 12.8. The zero-order valence-electron chi connectivity index (χ0n) is 12.0. The molecule has 2 atom stereocenters. The lowest BCUT2D eigenvalue weighted by Crippen LogP contribution is -2.54. The van der Waals surface area contributed by atoms with Gasteiger partial charge in [-0.3, -0.25) is 9.80 Å². The molecule has 0 spiro atoms. The maximum Gasteiger partial charge on any atom is 0.104 e. The summed E-state index contributed by atoms with van der Waals surface area (Å²) in [5, 5.41) is 0. The lowest BCUT2D eigenvalue weighted by molar-refractivity contribution is 0.0556. The highest BCUT2D eigenvalue weighted by Gasteiger charge is 2.26. The Morgan fingerprint density at radius 2 is 1.84 bits per heavy atom. The van der Waals surface area contributed by atoms with Gasteiger partial charge in [0.2, 0.25) is 0 Å². The van der Waals surface area contributed by atoms with E-state index < -0.39 is 0 Å². The largest absolute Gasteiger partial charge is 0.389 e. The fourth-order valence-corrected chi connectivity index (χ4v) is 2.98. The van der Waals surface area contributed by atoms with Crippen LogP contribution in [0.3, 0.4) is 0 Å². The van der Waals surface area contributed by atoms with Gasteiger partial charge >= 0.3 is 0 Å². The van der Waals surface area contributed by atoms with E-state index in [0.717, 1.165) is 25.2 Å². The number of thiocarbonyl (C=S) groups is 1. The number of piperazine rings is 1. The highest BCUT2D eigenvalue weighted by molar-refractivity contribution is 7.80. The quantitative estimate of drug-likeness (QED) is 0.855. The minimum Gasteiger partial charge on any atom is -0.389 e. The molecule has 0 aliphatic carbocycles. The second-order valence-electron chi connectivity index (χ2n) is 5.58. The van der Waals surface area contributed by atoms with Crippen molar-refractivity contribution in [2.75, 3.05) is 20.1 Å². The summed E-state index contributed by atoms with van der Waals surface area (Å²) in [4.78, 5) is 5.42. The molecular weight excluding hydrogens is 254 g/mol. The van der Waals surface area contributed by atoms with E-state index in [1.54, 1.807) is 0 Å². The van der Waals surface area contributed by atoms with Crippen LogP contribution in [0.25, 0.3) is 0 Å². The Kier molecular flexibility index (Phi) is 4.55. The predicted octanol–water partition coefficient (Wildman–Crippen LogP) is 1.85. The topological polar surface area (TPSA) is 32.5 Å². The SMILES string of the molecule is CC1CN(Cc2ccccc2C(N)=S)CC(C)N1C. The van der Waals surface area contributed by atoms with Gasteiger partial charge in [-0.15, -0.1) is 0 Å². The minimum absolute atomic E-state index is 0.492. The van der Waals surface area contributed by atoms with Crippen LogP contribution in [0.1, 0.15) is 25.0 Å². The lowest BCUT2D eigenvalue weighted by Gasteiger charge is -2.42. The molecular formula is C15H23N3S. The fraction of sp³-hybridized carbons (Fsp3) is 0.533. The summed E-state index contributed by atoms with van der Waals surface area (Å²) in [5.41, 5.74) is 8.05. The van der Waals surface area contributed by atoms with Crippen LogP contribution in [-0.2, 0) is 6.54 Å². The van der Waals surface area contributed by atoms with Crippen LogP contribution in [0.2, 0.25) is 0 Å². The smallest absolute Gasteiger partial charge is 0.104 e. The first kappa shape index (κ1) is 14.4. The molecule has 0 radical (unpaired) electrons. The standard InChI is InChI=1S/C15H23N3S/c1-11-8-18(9-12(2)17(11)3)10-13-6-4-5-7-14(13)15(16)19/h4-7,11-12H,8-10H2,1-3H3,(H2,16,19). The molecule has 1 aromatic carbocycles. The number of likely N-dealkylation sites (N-methyl/N-ethyl adjacent to an activating group) is 1. The summed E-state index contributed by atoms with van der Waals surface area (Å²) in [6.45, 7) is 7.67. The van der Waals surface area contributed by atoms with Gasteiger partial charge < -0.3 is 5.73 Å². The van der Waals surface area contributed by atoms with Gasteiger partial charge in [-0.05, 0) is 26.5 Å². The van der Waals surface area contributed by atoms with Crippen LogP contribution < -0.4 is 5.73 Å². The number of nitrogens with two attached hydrogens (primary N) is 1. The molecule has 1 saturated heterocycles. The Morgan fingerprint density at radius 1 is 1.26 bits per heavy atom. The predicted molar refractivity (Wildman–Crippen MR) is 84.3 cm³/mol. The summed E-state index contributed by atoms with van der Waals surface area (Å²) in [7, 11) is 2.20. The molecule has 1 fully saturated rings. The van der Waals surface area contributed by atoms with Gasteiger partial charge in [-0.2, -0.15) is 0 Å². The van der Waals surface area contributed by atoms with E-state index in [4.69, 9.17) is 18.0 Å². The second-order valence-corrected chi connectivity index (χ2v) is 6.02. The third kappa shape index (κ3) is 3.32. The molecule has 4 heteroatoms. The van der Waals surface area contributed by atoms with Crippen molar-refractivity contribution < 1.29 is 0 Å². The van der Waals surface area contributed by atoms with E-state index in [2.05, 4.69) is 42.8 Å². The van der Waals surface area contributed by atoms with Gasteiger partial charge in [0, 0.05) is 37.3 Å². The number of benzene rings is 1. The fourth-order valence-electron chi connectivity index (χ4n) is 2.78. The number of rotatable bonds is 3. The molecule has 2 N–H and O–H groups in total. The van der Waals surface area contributed by atoms with Crippen molar-refractivity contribution in [1.29, 1.82) is 0 Å². The molecule has 2 unspecified atom stereocenters. The van der Waals surface area contributed by atoms with E-state index in [1.807, 2.05) is 12.1 Å². The van der Waals surface area contributed by atoms with E-state index in [0.29, 0.717) is 17.1 Å². The highest BCUT2D eigenvalue weighted by Crippen LogP contribution is 2.18. The molecule has 0 bridgehead atoms. The summed E-state index contributed by atoms with van der Waals surface area (Å²) >= 11 is 5.13. The maximum atomic E-state index is 5.80. The Hall–Kier alpha value is -0.970. The van der Waals surface area contributed by atoms with Crippen LogP contribution in [0.15, 0.2) is 24.3 Å². The van der Waals surface area contributed by atoms with Crippen LogP contribution in [0.4, 0.5) is 0 Å². The third-order valence-corrected chi connectivity index (χ3v) is 4.33. The molecule has 0 saturated carbocycles. The van der Waals surface area contributed by atoms with Gasteiger partial charge in [0.15, 0.2) is 0 Å². The van der Waals surface area contributed by atoms with Gasteiger partial charge in [0.25, 0.3) is 0 Å². The average Bonchev–Trinajstić information content (AvgIpc) is 2.36. The molecule has 0 aromatic heterocycles. The van der Waals surface area contributed by atoms with Crippen molar-refractivity contribution in [2.24, 2.45) is 5.73 Å². The minimum atomic E-state index is 0.492. The number of nitrogens with zero attached hydrogens (tertiary/aromatic N) is 2. The van der Waals surface area contributed by atoms with E-state index in [9.17, 15) is 0 Å². The lowest BCUT2D eigenvalue weighted by atomic mass is 10.0. The van der Waals surface area contributed by atoms with Gasteiger partial charge in [0.1, 0.15) is 4.99 Å². The van der Waals surface area contributed by atoms with Crippen molar-refractivity contribution >= 4 is 17.2 Å². The summed E-state index contributed by atoms with van der Waals surface area (Å²) in [6.07, 6.45) is 0. The summed E-state index contributed by atoms with van der Waals surface area (Å²) < 4.78 is 0. The molecule has 0 amide bonds. The Bertz CT molecular complexity index is 448. The van der Waals surface area contributed by atoms with Crippen molar-refractivity contribution in [1.82, 2.24) is 9.80 Å². The van der Waals surface area contributed by atoms with Crippen LogP contribution in [-0.4, -0.2) is 47.0 Å². The molecule has 1 aliphatic heterocycles. The van der Waals surface area contributed by atoms with Gasteiger partial charge in [0.05, 0.1) is 0 Å². The monoisotopic (exact) mass is 277 g/mol.